The van der Waals surface area contributed by atoms with E-state index in [0.717, 1.165) is 44.2 Å². The maximum atomic E-state index is 12.9. The quantitative estimate of drug-likeness (QED) is 0.273. The van der Waals surface area contributed by atoms with Crippen molar-refractivity contribution in [3.8, 4) is 0 Å². The van der Waals surface area contributed by atoms with Gasteiger partial charge in [-0.2, -0.15) is 0 Å². The van der Waals surface area contributed by atoms with Gasteiger partial charge in [0.2, 0.25) is 0 Å². The van der Waals surface area contributed by atoms with Crippen molar-refractivity contribution in [3.05, 3.63) is 11.6 Å². The summed E-state index contributed by atoms with van der Waals surface area (Å²) in [6.45, 7) is 16.7. The van der Waals surface area contributed by atoms with Gasteiger partial charge in [0.1, 0.15) is 0 Å². The second-order valence-corrected chi connectivity index (χ2v) is 17.2. The Morgan fingerprint density at radius 1 is 1.06 bits per heavy atom. The number of carbonyl (C=O) groups is 2. The van der Waals surface area contributed by atoms with Crippen LogP contribution in [0.15, 0.2) is 16.8 Å². The average Bonchev–Trinajstić information content (AvgIpc) is 2.99. The van der Waals surface area contributed by atoms with Gasteiger partial charge in [-0.1, -0.05) is 26.3 Å². The van der Waals surface area contributed by atoms with Gasteiger partial charge in [0.15, 0.2) is 11.4 Å². The predicted molar refractivity (Wildman–Crippen MR) is 133 cm³/mol. The number of carbonyl (C=O) groups excluding carboxylic acids is 2. The van der Waals surface area contributed by atoms with Crippen molar-refractivity contribution in [3.63, 3.8) is 0 Å². The molecular weight excluding hydrogens is 430 g/mol. The van der Waals surface area contributed by atoms with E-state index in [0.29, 0.717) is 30.1 Å². The van der Waals surface area contributed by atoms with Crippen LogP contribution in [-0.2, 0) is 18.9 Å². The number of ketones is 1. The van der Waals surface area contributed by atoms with E-state index in [2.05, 4.69) is 51.6 Å². The number of oxime groups is 1. The highest BCUT2D eigenvalue weighted by Crippen LogP contribution is 2.69. The second-order valence-electron chi connectivity index (χ2n) is 12.8. The molecule has 184 valence electrons. The van der Waals surface area contributed by atoms with Crippen LogP contribution < -0.4 is 0 Å². The number of nitrogens with zero attached hydrogens (tertiary/aromatic N) is 1. The highest BCUT2D eigenvalue weighted by molar-refractivity contribution is 6.69. The number of hydrogen-bond acceptors (Lipinski definition) is 5. The third kappa shape index (κ3) is 3.84. The van der Waals surface area contributed by atoms with E-state index in [9.17, 15) is 9.59 Å². The molecule has 3 saturated carbocycles. The van der Waals surface area contributed by atoms with Crippen LogP contribution in [0.5, 0.6) is 0 Å². The number of ether oxygens (including phenoxy) is 1. The highest BCUT2D eigenvalue weighted by atomic mass is 28.4. The van der Waals surface area contributed by atoms with E-state index in [1.807, 2.05) is 0 Å². The van der Waals surface area contributed by atoms with Crippen LogP contribution in [0.4, 0.5) is 0 Å². The Morgan fingerprint density at radius 2 is 1.73 bits per heavy atom. The Balaban J connectivity index is 1.66. The van der Waals surface area contributed by atoms with Gasteiger partial charge in [-0.25, -0.2) is 0 Å². The van der Waals surface area contributed by atoms with Crippen LogP contribution in [-0.4, -0.2) is 31.4 Å². The van der Waals surface area contributed by atoms with E-state index in [4.69, 9.17) is 9.26 Å². The third-order valence-electron chi connectivity index (χ3n) is 9.74. The lowest BCUT2D eigenvalue weighted by Gasteiger charge is -2.60. The summed E-state index contributed by atoms with van der Waals surface area (Å²) in [4.78, 5) is 25.0. The number of esters is 1. The fourth-order valence-electron chi connectivity index (χ4n) is 8.32. The van der Waals surface area contributed by atoms with Gasteiger partial charge < -0.3 is 9.26 Å². The lowest BCUT2D eigenvalue weighted by molar-refractivity contribution is -0.187. The lowest BCUT2D eigenvalue weighted by atomic mass is 9.44. The first-order valence-electron chi connectivity index (χ1n) is 12.9. The second kappa shape index (κ2) is 8.06. The SMILES string of the molecule is CC(=O)O[C@]1(C(C)=O)CC[C@H]2[C@@H]3C[C@H](C)C4=C/C(=N/O[Si](C)(C)C)CC[C@]4(C)[C@H]3CC[C@@]21C. The average molecular weight is 474 g/mol. The standard InChI is InChI=1S/C27H43NO4Si/c1-17-15-21-22(25(4)12-9-20(16-24(17)25)28-32-33(6,7)8)10-13-26(5)23(21)11-14-27(26,18(2)29)31-19(3)30/h16-17,21-23H,9-15H2,1-8H3/b28-20+/t17-,21+,22-,23-,25+,26-,27-/m0/s1. The van der Waals surface area contributed by atoms with Gasteiger partial charge in [0.05, 0.1) is 5.71 Å². The first kappa shape index (κ1) is 24.7. The fraction of sp³-hybridized carbons (Fsp3) is 0.815. The molecule has 0 N–H and O–H groups in total. The normalized spacial score (nSPS) is 43.8. The summed E-state index contributed by atoms with van der Waals surface area (Å²) in [5.74, 6) is 1.77. The van der Waals surface area contributed by atoms with Crippen LogP contribution in [0.3, 0.4) is 0 Å². The monoisotopic (exact) mass is 473 g/mol. The molecular formula is C27H43NO4Si. The minimum atomic E-state index is -1.69. The zero-order valence-electron chi connectivity index (χ0n) is 21.9. The molecule has 5 nitrogen and oxygen atoms in total. The molecule has 0 amide bonds. The highest BCUT2D eigenvalue weighted by Gasteiger charge is 2.68. The molecule has 0 aromatic heterocycles. The van der Waals surface area contributed by atoms with Crippen LogP contribution in [0.1, 0.15) is 79.6 Å². The van der Waals surface area contributed by atoms with Gasteiger partial charge >= 0.3 is 5.97 Å². The van der Waals surface area contributed by atoms with Crippen molar-refractivity contribution >= 4 is 25.8 Å². The van der Waals surface area contributed by atoms with Gasteiger partial charge in [-0.15, -0.1) is 5.16 Å². The molecule has 6 heteroatoms. The molecule has 0 aromatic carbocycles. The summed E-state index contributed by atoms with van der Waals surface area (Å²) in [6, 6.07) is 0. The molecule has 33 heavy (non-hydrogen) atoms. The van der Waals surface area contributed by atoms with Crippen LogP contribution >= 0.6 is 0 Å². The van der Waals surface area contributed by atoms with Crippen molar-refractivity contribution < 1.29 is 18.9 Å². The molecule has 0 saturated heterocycles. The molecule has 3 fully saturated rings. The molecule has 0 heterocycles. The summed E-state index contributed by atoms with van der Waals surface area (Å²) in [6.07, 6.45) is 9.26. The number of hydrogen-bond donors (Lipinski definition) is 0. The molecule has 0 unspecified atom stereocenters. The van der Waals surface area contributed by atoms with Crippen molar-refractivity contribution in [1.82, 2.24) is 0 Å². The van der Waals surface area contributed by atoms with E-state index in [1.165, 1.54) is 6.92 Å². The van der Waals surface area contributed by atoms with Gasteiger partial charge in [0, 0.05) is 12.3 Å². The maximum Gasteiger partial charge on any atom is 0.303 e. The predicted octanol–water partition coefficient (Wildman–Crippen LogP) is 6.29. The van der Waals surface area contributed by atoms with Crippen molar-refractivity contribution in [2.45, 2.75) is 105 Å². The van der Waals surface area contributed by atoms with E-state index >= 15 is 0 Å². The third-order valence-corrected chi connectivity index (χ3v) is 10.4. The summed E-state index contributed by atoms with van der Waals surface area (Å²) in [7, 11) is -1.69. The van der Waals surface area contributed by atoms with Gasteiger partial charge in [-0.3, -0.25) is 9.59 Å². The zero-order valence-corrected chi connectivity index (χ0v) is 22.9. The Morgan fingerprint density at radius 3 is 2.33 bits per heavy atom. The summed E-state index contributed by atoms with van der Waals surface area (Å²) in [5, 5.41) is 4.56. The molecule has 7 atom stereocenters. The summed E-state index contributed by atoms with van der Waals surface area (Å²) in [5.41, 5.74) is 1.60. The lowest BCUT2D eigenvalue weighted by Crippen LogP contribution is -2.59. The molecule has 0 spiro atoms. The topological polar surface area (TPSA) is 65.0 Å². The zero-order chi connectivity index (χ0) is 24.4. The number of Topliss-reactive ketones (excluding diaryl/α,β-unsaturated/α-hetero) is 1. The molecule has 4 aliphatic carbocycles. The van der Waals surface area contributed by atoms with Crippen LogP contribution in [0.2, 0.25) is 19.6 Å². The first-order valence-corrected chi connectivity index (χ1v) is 16.3. The Kier molecular flexibility index (Phi) is 6.03. The minimum absolute atomic E-state index is 0.0257. The Bertz CT molecular complexity index is 904. The fourth-order valence-corrected chi connectivity index (χ4v) is 8.72. The minimum Gasteiger partial charge on any atom is -0.455 e. The van der Waals surface area contributed by atoms with Crippen molar-refractivity contribution in [2.75, 3.05) is 0 Å². The van der Waals surface area contributed by atoms with Gasteiger partial charge in [0.25, 0.3) is 8.32 Å². The van der Waals surface area contributed by atoms with E-state index in [1.54, 1.807) is 12.5 Å². The van der Waals surface area contributed by atoms with E-state index < -0.39 is 13.9 Å². The van der Waals surface area contributed by atoms with Crippen molar-refractivity contribution in [2.24, 2.45) is 39.7 Å². The number of allylic oxidation sites excluding steroid dienone is 2. The van der Waals surface area contributed by atoms with Crippen molar-refractivity contribution in [1.29, 1.82) is 0 Å². The molecule has 4 rings (SSSR count). The van der Waals surface area contributed by atoms with Gasteiger partial charge in [-0.05, 0) is 107 Å². The van der Waals surface area contributed by atoms with E-state index in [-0.39, 0.29) is 22.6 Å². The van der Waals surface area contributed by atoms with Crippen LogP contribution in [0, 0.1) is 34.5 Å². The molecule has 4 aliphatic rings. The van der Waals surface area contributed by atoms with Crippen LogP contribution in [0.25, 0.3) is 0 Å². The summed E-state index contributed by atoms with van der Waals surface area (Å²) >= 11 is 0. The Hall–Kier alpha value is -1.43. The molecule has 0 bridgehead atoms. The summed E-state index contributed by atoms with van der Waals surface area (Å²) < 4.78 is 11.8. The molecule has 0 radical (unpaired) electrons. The smallest absolute Gasteiger partial charge is 0.303 e. The molecule has 0 aromatic rings. The number of rotatable bonds is 4. The number of fused-ring (bicyclic) bond motifs is 5. The first-order chi connectivity index (χ1) is 15.2. The largest absolute Gasteiger partial charge is 0.455 e. The maximum absolute atomic E-state index is 12.9. The molecule has 0 aliphatic heterocycles. The Labute approximate surface area is 200 Å².